The van der Waals surface area contributed by atoms with E-state index in [0.29, 0.717) is 23.7 Å². The standard InChI is InChI=1S/C18H22N4O4/c1-4-25-17-20-12(2)16(13(3)21-17)22-15(23)10-19-18(24)26-11-14-8-6-5-7-9-14/h5-9H,4,10-11H2,1-3H3,(H,19,24)(H,22,23). The molecule has 0 unspecified atom stereocenters. The minimum absolute atomic E-state index is 0.138. The number of ether oxygens (including phenoxy) is 2. The normalized spacial score (nSPS) is 10.1. The molecule has 1 heterocycles. The topological polar surface area (TPSA) is 102 Å². The van der Waals surface area contributed by atoms with Gasteiger partial charge in [0.15, 0.2) is 0 Å². The number of rotatable bonds is 7. The molecular weight excluding hydrogens is 336 g/mol. The summed E-state index contributed by atoms with van der Waals surface area (Å²) in [5.41, 5.74) is 2.53. The number of aromatic nitrogens is 2. The number of nitrogens with one attached hydrogen (secondary N) is 2. The Morgan fingerprint density at radius 3 is 2.35 bits per heavy atom. The maximum absolute atomic E-state index is 12.0. The second-order valence-electron chi connectivity index (χ2n) is 5.45. The Morgan fingerprint density at radius 1 is 1.08 bits per heavy atom. The average Bonchev–Trinajstić information content (AvgIpc) is 2.62. The van der Waals surface area contributed by atoms with Crippen LogP contribution in [0.25, 0.3) is 0 Å². The molecule has 26 heavy (non-hydrogen) atoms. The zero-order valence-electron chi connectivity index (χ0n) is 15.0. The summed E-state index contributed by atoms with van der Waals surface area (Å²) < 4.78 is 10.3. The average molecular weight is 358 g/mol. The van der Waals surface area contributed by atoms with Crippen LogP contribution in [0.1, 0.15) is 23.9 Å². The molecule has 2 N–H and O–H groups in total. The van der Waals surface area contributed by atoms with E-state index in [9.17, 15) is 9.59 Å². The number of alkyl carbamates (subject to hydrolysis) is 1. The van der Waals surface area contributed by atoms with Crippen LogP contribution in [-0.4, -0.2) is 35.1 Å². The number of amides is 2. The van der Waals surface area contributed by atoms with E-state index in [1.54, 1.807) is 13.8 Å². The van der Waals surface area contributed by atoms with E-state index in [1.165, 1.54) is 0 Å². The van der Waals surface area contributed by atoms with Crippen molar-refractivity contribution in [1.82, 2.24) is 15.3 Å². The van der Waals surface area contributed by atoms with Crippen LogP contribution >= 0.6 is 0 Å². The van der Waals surface area contributed by atoms with Gasteiger partial charge in [-0.2, -0.15) is 9.97 Å². The third-order valence-electron chi connectivity index (χ3n) is 3.39. The van der Waals surface area contributed by atoms with Gasteiger partial charge in [-0.3, -0.25) is 4.79 Å². The minimum atomic E-state index is -0.666. The number of anilines is 1. The first-order valence-corrected chi connectivity index (χ1v) is 8.22. The number of carbonyl (C=O) groups is 2. The summed E-state index contributed by atoms with van der Waals surface area (Å²) in [6.45, 7) is 5.70. The van der Waals surface area contributed by atoms with Gasteiger partial charge in [0.1, 0.15) is 13.2 Å². The predicted molar refractivity (Wildman–Crippen MR) is 95.9 cm³/mol. The van der Waals surface area contributed by atoms with Gasteiger partial charge in [0.2, 0.25) is 5.91 Å². The number of aryl methyl sites for hydroxylation is 2. The Morgan fingerprint density at radius 2 is 1.73 bits per heavy atom. The molecule has 0 radical (unpaired) electrons. The predicted octanol–water partition coefficient (Wildman–Crippen LogP) is 2.36. The third kappa shape index (κ3) is 5.73. The molecule has 0 atom stereocenters. The van der Waals surface area contributed by atoms with Gasteiger partial charge in [-0.25, -0.2) is 4.79 Å². The van der Waals surface area contributed by atoms with E-state index >= 15 is 0 Å². The lowest BCUT2D eigenvalue weighted by Crippen LogP contribution is -2.33. The van der Waals surface area contributed by atoms with Gasteiger partial charge in [-0.15, -0.1) is 0 Å². The Hall–Kier alpha value is -3.16. The maximum Gasteiger partial charge on any atom is 0.407 e. The number of benzene rings is 1. The molecule has 0 fully saturated rings. The zero-order valence-corrected chi connectivity index (χ0v) is 15.0. The molecule has 8 nitrogen and oxygen atoms in total. The Labute approximate surface area is 151 Å². The Bertz CT molecular complexity index is 742. The SMILES string of the molecule is CCOc1nc(C)c(NC(=O)CNC(=O)OCc2ccccc2)c(C)n1. The van der Waals surface area contributed by atoms with Gasteiger partial charge in [0.05, 0.1) is 23.7 Å². The highest BCUT2D eigenvalue weighted by molar-refractivity contribution is 5.94. The molecule has 0 saturated heterocycles. The van der Waals surface area contributed by atoms with Crippen LogP contribution in [0.2, 0.25) is 0 Å². The molecule has 2 aromatic rings. The van der Waals surface area contributed by atoms with Crippen molar-refractivity contribution >= 4 is 17.7 Å². The first-order valence-electron chi connectivity index (χ1n) is 8.22. The largest absolute Gasteiger partial charge is 0.464 e. The fourth-order valence-corrected chi connectivity index (χ4v) is 2.17. The lowest BCUT2D eigenvalue weighted by atomic mass is 10.2. The number of carbonyl (C=O) groups excluding carboxylic acids is 2. The molecule has 2 amide bonds. The number of nitrogens with zero attached hydrogens (tertiary/aromatic N) is 2. The highest BCUT2D eigenvalue weighted by Gasteiger charge is 2.13. The van der Waals surface area contributed by atoms with Crippen molar-refractivity contribution in [2.24, 2.45) is 0 Å². The van der Waals surface area contributed by atoms with Crippen molar-refractivity contribution in [3.8, 4) is 6.01 Å². The number of hydrogen-bond acceptors (Lipinski definition) is 6. The number of hydrogen-bond donors (Lipinski definition) is 2. The lowest BCUT2D eigenvalue weighted by Gasteiger charge is -2.12. The van der Waals surface area contributed by atoms with Crippen molar-refractivity contribution in [2.45, 2.75) is 27.4 Å². The molecular formula is C18H22N4O4. The molecule has 1 aromatic heterocycles. The van der Waals surface area contributed by atoms with Crippen LogP contribution < -0.4 is 15.4 Å². The summed E-state index contributed by atoms with van der Waals surface area (Å²) in [5, 5.41) is 5.09. The molecule has 0 aliphatic heterocycles. The second kappa shape index (κ2) is 9.36. The second-order valence-corrected chi connectivity index (χ2v) is 5.45. The van der Waals surface area contributed by atoms with E-state index in [4.69, 9.17) is 9.47 Å². The highest BCUT2D eigenvalue weighted by Crippen LogP contribution is 2.19. The fourth-order valence-electron chi connectivity index (χ4n) is 2.17. The summed E-state index contributed by atoms with van der Waals surface area (Å²) >= 11 is 0. The molecule has 1 aromatic carbocycles. The molecule has 0 bridgehead atoms. The van der Waals surface area contributed by atoms with Crippen molar-refractivity contribution in [3.05, 3.63) is 47.3 Å². The van der Waals surface area contributed by atoms with Crippen molar-refractivity contribution in [3.63, 3.8) is 0 Å². The van der Waals surface area contributed by atoms with Gasteiger partial charge >= 0.3 is 12.1 Å². The lowest BCUT2D eigenvalue weighted by molar-refractivity contribution is -0.115. The first kappa shape index (κ1) is 19.2. The molecule has 0 aliphatic carbocycles. The van der Waals surface area contributed by atoms with E-state index < -0.39 is 12.0 Å². The van der Waals surface area contributed by atoms with Crippen molar-refractivity contribution in [1.29, 1.82) is 0 Å². The maximum atomic E-state index is 12.0. The van der Waals surface area contributed by atoms with E-state index in [2.05, 4.69) is 20.6 Å². The summed E-state index contributed by atoms with van der Waals surface area (Å²) in [6, 6.07) is 9.54. The van der Waals surface area contributed by atoms with E-state index in [-0.39, 0.29) is 19.2 Å². The minimum Gasteiger partial charge on any atom is -0.464 e. The van der Waals surface area contributed by atoms with E-state index in [1.807, 2.05) is 37.3 Å². The third-order valence-corrected chi connectivity index (χ3v) is 3.39. The van der Waals surface area contributed by atoms with Crippen LogP contribution in [0.5, 0.6) is 6.01 Å². The summed E-state index contributed by atoms with van der Waals surface area (Å²) in [4.78, 5) is 32.1. The summed E-state index contributed by atoms with van der Waals surface area (Å²) in [5.74, 6) is -0.402. The van der Waals surface area contributed by atoms with E-state index in [0.717, 1.165) is 5.56 Å². The molecule has 0 saturated carbocycles. The van der Waals surface area contributed by atoms with Crippen LogP contribution in [0, 0.1) is 13.8 Å². The summed E-state index contributed by atoms with van der Waals surface area (Å²) in [6.07, 6.45) is -0.666. The first-order chi connectivity index (χ1) is 12.5. The van der Waals surface area contributed by atoms with Gasteiger partial charge < -0.3 is 20.1 Å². The van der Waals surface area contributed by atoms with Crippen LogP contribution in [0.4, 0.5) is 10.5 Å². The fraction of sp³-hybridized carbons (Fsp3) is 0.333. The zero-order chi connectivity index (χ0) is 18.9. The molecule has 2 rings (SSSR count). The van der Waals surface area contributed by atoms with Gasteiger partial charge in [-0.1, -0.05) is 30.3 Å². The Balaban J connectivity index is 1.82. The molecule has 0 aliphatic rings. The highest BCUT2D eigenvalue weighted by atomic mass is 16.5. The monoisotopic (exact) mass is 358 g/mol. The Kier molecular flexibility index (Phi) is 6.90. The van der Waals surface area contributed by atoms with Crippen LogP contribution in [-0.2, 0) is 16.1 Å². The molecule has 8 heteroatoms. The van der Waals surface area contributed by atoms with Gasteiger partial charge in [0, 0.05) is 0 Å². The quantitative estimate of drug-likeness (QED) is 0.788. The van der Waals surface area contributed by atoms with Crippen LogP contribution in [0.3, 0.4) is 0 Å². The van der Waals surface area contributed by atoms with Crippen LogP contribution in [0.15, 0.2) is 30.3 Å². The summed E-state index contributed by atoms with van der Waals surface area (Å²) in [7, 11) is 0. The molecule has 0 spiro atoms. The van der Waals surface area contributed by atoms with Crippen molar-refractivity contribution in [2.75, 3.05) is 18.5 Å². The van der Waals surface area contributed by atoms with Crippen molar-refractivity contribution < 1.29 is 19.1 Å². The van der Waals surface area contributed by atoms with Gasteiger partial charge in [-0.05, 0) is 26.3 Å². The smallest absolute Gasteiger partial charge is 0.407 e. The van der Waals surface area contributed by atoms with Gasteiger partial charge in [0.25, 0.3) is 0 Å². The molecule has 138 valence electrons.